The van der Waals surface area contributed by atoms with Gasteiger partial charge in [-0.05, 0) is 99.5 Å². The van der Waals surface area contributed by atoms with E-state index in [0.717, 1.165) is 0 Å². The van der Waals surface area contributed by atoms with Gasteiger partial charge in [0.2, 0.25) is 0 Å². The molecule has 318 valence electrons. The summed E-state index contributed by atoms with van der Waals surface area (Å²) < 4.78 is 0. The Morgan fingerprint density at radius 1 is 0.274 bits per heavy atom. The number of allylic oxidation sites excluding steroid dienone is 8. The van der Waals surface area contributed by atoms with E-state index in [9.17, 15) is 0 Å². The van der Waals surface area contributed by atoms with Gasteiger partial charge in [0.15, 0.2) is 0 Å². The third-order valence-corrected chi connectivity index (χ3v) is 15.7. The third kappa shape index (κ3) is 6.69. The second-order valence-corrected chi connectivity index (χ2v) is 23.8. The van der Waals surface area contributed by atoms with Crippen LogP contribution in [-0.4, -0.2) is 0 Å². The first-order chi connectivity index (χ1) is 29.0. The number of hydrogen-bond donors (Lipinski definition) is 0. The van der Waals surface area contributed by atoms with Gasteiger partial charge in [0, 0.05) is 34.5 Å². The van der Waals surface area contributed by atoms with E-state index in [4.69, 9.17) is 0 Å². The number of fused-ring (bicyclic) bond motifs is 6. The zero-order valence-electron chi connectivity index (χ0n) is 40.2. The lowest BCUT2D eigenvalue weighted by molar-refractivity contribution is 0.353. The topological polar surface area (TPSA) is 0 Å². The van der Waals surface area contributed by atoms with Crippen LogP contribution in [-0.2, 0) is 32.5 Å². The van der Waals surface area contributed by atoms with Gasteiger partial charge in [-0.25, -0.2) is 0 Å². The lowest BCUT2D eigenvalue weighted by Gasteiger charge is -2.43. The average molecular weight is 815 g/mol. The normalized spacial score (nSPS) is 18.5. The zero-order valence-corrected chi connectivity index (χ0v) is 40.2. The SMILES string of the molecule is CC(C)(C)c1ccc2c(c1)-c1cc(C(C)(C)C)ccc1C2C(C)(c1ccc(C(C)(C2C=CC=C2)C2c3ccc(C(C)(C)C)cc3-c3cc(C(C)(C)C)ccc32)cc1)C1C=CC=C1. The molecule has 62 heavy (non-hydrogen) atoms. The molecule has 0 heteroatoms. The van der Waals surface area contributed by atoms with Crippen LogP contribution in [0.3, 0.4) is 0 Å². The summed E-state index contributed by atoms with van der Waals surface area (Å²) in [6.07, 6.45) is 18.8. The molecule has 0 aliphatic heterocycles. The van der Waals surface area contributed by atoms with Crippen LogP contribution in [0.25, 0.3) is 22.3 Å². The van der Waals surface area contributed by atoms with E-state index in [1.165, 1.54) is 77.9 Å². The molecule has 0 bridgehead atoms. The van der Waals surface area contributed by atoms with Crippen molar-refractivity contribution in [1.29, 1.82) is 0 Å². The molecule has 0 aromatic heterocycles. The van der Waals surface area contributed by atoms with Gasteiger partial charge < -0.3 is 0 Å². The summed E-state index contributed by atoms with van der Waals surface area (Å²) in [6, 6.07) is 39.7. The fourth-order valence-corrected chi connectivity index (χ4v) is 11.6. The third-order valence-electron chi connectivity index (χ3n) is 15.7. The Morgan fingerprint density at radius 2 is 0.484 bits per heavy atom. The molecular formula is C62H70. The quantitative estimate of drug-likeness (QED) is 0.160. The summed E-state index contributed by atoms with van der Waals surface area (Å²) in [5.41, 5.74) is 19.6. The number of hydrogen-bond acceptors (Lipinski definition) is 0. The lowest BCUT2D eigenvalue weighted by Crippen LogP contribution is -2.38. The molecule has 0 radical (unpaired) electrons. The van der Waals surface area contributed by atoms with Crippen LogP contribution in [0.4, 0.5) is 0 Å². The van der Waals surface area contributed by atoms with Gasteiger partial charge in [-0.3, -0.25) is 0 Å². The highest BCUT2D eigenvalue weighted by molar-refractivity contribution is 5.83. The summed E-state index contributed by atoms with van der Waals surface area (Å²) in [5, 5.41) is 0. The van der Waals surface area contributed by atoms with Crippen molar-refractivity contribution in [2.75, 3.05) is 0 Å². The highest BCUT2D eigenvalue weighted by Gasteiger charge is 2.50. The molecule has 9 rings (SSSR count). The Bertz CT molecular complexity index is 2360. The van der Waals surface area contributed by atoms with Crippen molar-refractivity contribution in [2.24, 2.45) is 11.8 Å². The maximum Gasteiger partial charge on any atom is 0.0205 e. The van der Waals surface area contributed by atoms with Gasteiger partial charge in [-0.15, -0.1) is 0 Å². The summed E-state index contributed by atoms with van der Waals surface area (Å²) in [4.78, 5) is 0. The summed E-state index contributed by atoms with van der Waals surface area (Å²) >= 11 is 0. The Hall–Kier alpha value is -4.94. The summed E-state index contributed by atoms with van der Waals surface area (Å²) in [6.45, 7) is 33.2. The Morgan fingerprint density at radius 3 is 0.694 bits per heavy atom. The lowest BCUT2D eigenvalue weighted by atomic mass is 9.59. The van der Waals surface area contributed by atoms with Crippen LogP contribution < -0.4 is 0 Å². The second-order valence-electron chi connectivity index (χ2n) is 23.8. The molecule has 4 aliphatic carbocycles. The van der Waals surface area contributed by atoms with Gasteiger partial charge >= 0.3 is 0 Å². The predicted molar refractivity (Wildman–Crippen MR) is 267 cm³/mol. The fraction of sp³-hybridized carbons (Fsp3) is 0.387. The molecule has 4 aliphatic rings. The Kier molecular flexibility index (Phi) is 9.76. The molecule has 0 saturated carbocycles. The van der Waals surface area contributed by atoms with E-state index >= 15 is 0 Å². The highest BCUT2D eigenvalue weighted by Crippen LogP contribution is 2.61. The van der Waals surface area contributed by atoms with Crippen molar-refractivity contribution in [3.63, 3.8) is 0 Å². The molecule has 0 nitrogen and oxygen atoms in total. The Labute approximate surface area is 375 Å². The van der Waals surface area contributed by atoms with E-state index in [2.05, 4.69) is 243 Å². The van der Waals surface area contributed by atoms with Gasteiger partial charge in [0.1, 0.15) is 0 Å². The molecule has 0 spiro atoms. The molecule has 0 N–H and O–H groups in total. The van der Waals surface area contributed by atoms with Crippen LogP contribution in [0.15, 0.2) is 146 Å². The molecular weight excluding hydrogens is 745 g/mol. The predicted octanol–water partition coefficient (Wildman–Crippen LogP) is 16.5. The number of benzene rings is 5. The minimum Gasteiger partial charge on any atom is -0.0767 e. The van der Waals surface area contributed by atoms with Crippen LogP contribution >= 0.6 is 0 Å². The maximum atomic E-state index is 2.55. The smallest absolute Gasteiger partial charge is 0.0205 e. The van der Waals surface area contributed by atoms with Crippen molar-refractivity contribution < 1.29 is 0 Å². The average Bonchev–Trinajstić information content (AvgIpc) is 4.04. The monoisotopic (exact) mass is 815 g/mol. The van der Waals surface area contributed by atoms with Crippen LogP contribution in [0.1, 0.15) is 164 Å². The summed E-state index contributed by atoms with van der Waals surface area (Å²) in [7, 11) is 0. The maximum absolute atomic E-state index is 2.55. The number of rotatable bonds is 6. The van der Waals surface area contributed by atoms with Crippen LogP contribution in [0.2, 0.25) is 0 Å². The second kappa shape index (κ2) is 14.3. The molecule has 5 aromatic carbocycles. The van der Waals surface area contributed by atoms with Gasteiger partial charge in [-0.2, -0.15) is 0 Å². The van der Waals surface area contributed by atoms with E-state index in [1.54, 1.807) is 0 Å². The minimum atomic E-state index is -0.239. The first-order valence-electron chi connectivity index (χ1n) is 23.4. The Balaban J connectivity index is 1.22. The van der Waals surface area contributed by atoms with E-state index in [1.807, 2.05) is 0 Å². The molecule has 2 unspecified atom stereocenters. The highest BCUT2D eigenvalue weighted by atomic mass is 14.5. The molecule has 0 heterocycles. The van der Waals surface area contributed by atoms with Crippen LogP contribution in [0, 0.1) is 11.8 Å². The molecule has 0 fully saturated rings. The van der Waals surface area contributed by atoms with Gasteiger partial charge in [0.05, 0.1) is 0 Å². The molecule has 2 atom stereocenters. The zero-order chi connectivity index (χ0) is 44.4. The molecule has 0 saturated heterocycles. The van der Waals surface area contributed by atoms with E-state index in [-0.39, 0.29) is 56.2 Å². The van der Waals surface area contributed by atoms with E-state index in [0.29, 0.717) is 0 Å². The van der Waals surface area contributed by atoms with Crippen molar-refractivity contribution in [1.82, 2.24) is 0 Å². The van der Waals surface area contributed by atoms with Gasteiger partial charge in [-0.1, -0.05) is 243 Å². The molecule has 5 aromatic rings. The first-order valence-corrected chi connectivity index (χ1v) is 23.4. The van der Waals surface area contributed by atoms with Gasteiger partial charge in [0.25, 0.3) is 0 Å². The largest absolute Gasteiger partial charge is 0.0767 e. The van der Waals surface area contributed by atoms with Crippen LogP contribution in [0.5, 0.6) is 0 Å². The first kappa shape index (κ1) is 42.4. The van der Waals surface area contributed by atoms with Crippen molar-refractivity contribution in [3.8, 4) is 22.3 Å². The fourth-order valence-electron chi connectivity index (χ4n) is 11.6. The van der Waals surface area contributed by atoms with Crippen molar-refractivity contribution in [2.45, 2.75) is 141 Å². The standard InChI is InChI=1S/C62H70/c1-57(2,3)43-27-31-47-51(35-43)52-36-44(58(4,5)6)28-32-48(52)55(47)61(13,39-19-15-16-20-39)41-23-25-42(26-24-41)62(14,40-21-17-18-22-40)56-49-33-29-45(59(7,8)9)37-53(49)54-38-46(60(10,11)12)30-34-50(54)56/h15-40,55-56H,1-14H3. The molecule has 0 amide bonds. The minimum absolute atomic E-state index is 0.0609. The van der Waals surface area contributed by atoms with E-state index < -0.39 is 0 Å². The summed E-state index contributed by atoms with van der Waals surface area (Å²) in [5.74, 6) is 0.870. The van der Waals surface area contributed by atoms with Crippen molar-refractivity contribution >= 4 is 0 Å². The van der Waals surface area contributed by atoms with Crippen molar-refractivity contribution in [3.05, 3.63) is 201 Å².